The second kappa shape index (κ2) is 4.29. The number of hydrogen-bond donors (Lipinski definition) is 0. The Morgan fingerprint density at radius 2 is 2.21 bits per heavy atom. The molecule has 1 atom stereocenters. The Morgan fingerprint density at radius 3 is 2.79 bits per heavy atom. The van der Waals surface area contributed by atoms with Crippen LogP contribution < -0.4 is 0 Å². The van der Waals surface area contributed by atoms with E-state index in [0.717, 1.165) is 17.9 Å². The molecule has 0 N–H and O–H groups in total. The Bertz CT molecular complexity index is 312. The van der Waals surface area contributed by atoms with Crippen molar-refractivity contribution in [3.63, 3.8) is 0 Å². The molecule has 1 aromatic rings. The maximum atomic E-state index is 5.64. The summed E-state index contributed by atoms with van der Waals surface area (Å²) in [6, 6.07) is 10.1. The van der Waals surface area contributed by atoms with Crippen LogP contribution in [0.1, 0.15) is 12.5 Å². The molecular weight excluding hydrogens is 176 g/mol. The topological polar surface area (TPSA) is 21.8 Å². The lowest BCUT2D eigenvalue weighted by atomic mass is 10.2. The van der Waals surface area contributed by atoms with Crippen LogP contribution in [0.25, 0.3) is 5.76 Å². The average Bonchev–Trinajstić information content (AvgIpc) is 3.04. The van der Waals surface area contributed by atoms with Crippen molar-refractivity contribution < 1.29 is 9.47 Å². The first kappa shape index (κ1) is 9.28. The minimum atomic E-state index is 0.314. The molecule has 1 aromatic carbocycles. The van der Waals surface area contributed by atoms with Crippen LogP contribution in [0.3, 0.4) is 0 Å². The summed E-state index contributed by atoms with van der Waals surface area (Å²) in [5, 5.41) is 0. The molecule has 0 radical (unpaired) electrons. The van der Waals surface area contributed by atoms with Crippen LogP contribution in [0.5, 0.6) is 0 Å². The summed E-state index contributed by atoms with van der Waals surface area (Å²) in [6.07, 6.45) is 2.30. The lowest BCUT2D eigenvalue weighted by molar-refractivity contribution is 0.233. The van der Waals surface area contributed by atoms with Crippen LogP contribution in [-0.2, 0) is 9.47 Å². The fourth-order valence-corrected chi connectivity index (χ4v) is 1.28. The number of epoxide rings is 1. The van der Waals surface area contributed by atoms with Gasteiger partial charge in [-0.2, -0.15) is 0 Å². The molecule has 1 heterocycles. The lowest BCUT2D eigenvalue weighted by Crippen LogP contribution is -2.00. The first-order valence-corrected chi connectivity index (χ1v) is 4.86. The van der Waals surface area contributed by atoms with Gasteiger partial charge in [-0.3, -0.25) is 0 Å². The molecule has 74 valence electrons. The van der Waals surface area contributed by atoms with Crippen molar-refractivity contribution in [2.24, 2.45) is 0 Å². The molecular formula is C12H14O2. The van der Waals surface area contributed by atoms with Crippen molar-refractivity contribution in [1.29, 1.82) is 0 Å². The minimum absolute atomic E-state index is 0.314. The maximum absolute atomic E-state index is 5.64. The molecule has 0 saturated carbocycles. The minimum Gasteiger partial charge on any atom is -0.491 e. The Kier molecular flexibility index (Phi) is 2.84. The van der Waals surface area contributed by atoms with Crippen molar-refractivity contribution in [1.82, 2.24) is 0 Å². The number of allylic oxidation sites excluding steroid dienone is 1. The van der Waals surface area contributed by atoms with Crippen LogP contribution in [0.4, 0.5) is 0 Å². The van der Waals surface area contributed by atoms with Gasteiger partial charge < -0.3 is 9.47 Å². The van der Waals surface area contributed by atoms with Gasteiger partial charge in [0.2, 0.25) is 0 Å². The molecule has 1 aliphatic heterocycles. The Labute approximate surface area is 84.2 Å². The van der Waals surface area contributed by atoms with Gasteiger partial charge in [-0.05, 0) is 13.0 Å². The second-order valence-corrected chi connectivity index (χ2v) is 3.29. The molecule has 0 spiro atoms. The third-order valence-corrected chi connectivity index (χ3v) is 2.15. The van der Waals surface area contributed by atoms with Crippen LogP contribution in [0.2, 0.25) is 0 Å². The third kappa shape index (κ3) is 2.36. The zero-order valence-corrected chi connectivity index (χ0v) is 8.27. The summed E-state index contributed by atoms with van der Waals surface area (Å²) in [5.74, 6) is 0.932. The molecule has 1 fully saturated rings. The van der Waals surface area contributed by atoms with Crippen molar-refractivity contribution in [2.75, 3.05) is 13.2 Å². The molecule has 0 aliphatic carbocycles. The predicted molar refractivity (Wildman–Crippen MR) is 55.8 cm³/mol. The van der Waals surface area contributed by atoms with Gasteiger partial charge in [-0.25, -0.2) is 0 Å². The maximum Gasteiger partial charge on any atom is 0.122 e. The van der Waals surface area contributed by atoms with E-state index in [1.54, 1.807) is 0 Å². The van der Waals surface area contributed by atoms with Gasteiger partial charge in [-0.1, -0.05) is 30.3 Å². The molecule has 0 bridgehead atoms. The molecule has 0 aromatic heterocycles. The lowest BCUT2D eigenvalue weighted by Gasteiger charge is -2.08. The van der Waals surface area contributed by atoms with E-state index in [-0.39, 0.29) is 0 Å². The molecule has 2 heteroatoms. The van der Waals surface area contributed by atoms with Crippen LogP contribution >= 0.6 is 0 Å². The molecule has 2 rings (SSSR count). The first-order valence-electron chi connectivity index (χ1n) is 4.86. The van der Waals surface area contributed by atoms with Crippen LogP contribution in [0.15, 0.2) is 36.4 Å². The zero-order valence-electron chi connectivity index (χ0n) is 8.27. The van der Waals surface area contributed by atoms with Gasteiger partial charge in [0, 0.05) is 5.56 Å². The van der Waals surface area contributed by atoms with E-state index in [9.17, 15) is 0 Å². The summed E-state index contributed by atoms with van der Waals surface area (Å²) in [5.41, 5.74) is 1.12. The fraction of sp³-hybridized carbons (Fsp3) is 0.333. The largest absolute Gasteiger partial charge is 0.491 e. The van der Waals surface area contributed by atoms with Gasteiger partial charge in [0.1, 0.15) is 18.5 Å². The molecule has 0 amide bonds. The summed E-state index contributed by atoms with van der Waals surface area (Å²) in [6.45, 7) is 3.48. The van der Waals surface area contributed by atoms with Crippen LogP contribution in [0, 0.1) is 0 Å². The molecule has 1 unspecified atom stereocenters. The summed E-state index contributed by atoms with van der Waals surface area (Å²) < 4.78 is 10.7. The van der Waals surface area contributed by atoms with Crippen molar-refractivity contribution in [2.45, 2.75) is 13.0 Å². The molecule has 1 aliphatic rings. The number of ether oxygens (including phenoxy) is 2. The number of rotatable bonds is 4. The van der Waals surface area contributed by atoms with Crippen LogP contribution in [-0.4, -0.2) is 19.3 Å². The predicted octanol–water partition coefficient (Wildman–Crippen LogP) is 2.46. The number of benzene rings is 1. The van der Waals surface area contributed by atoms with Gasteiger partial charge >= 0.3 is 0 Å². The van der Waals surface area contributed by atoms with Gasteiger partial charge in [0.15, 0.2) is 0 Å². The molecule has 2 nitrogen and oxygen atoms in total. The number of hydrogen-bond acceptors (Lipinski definition) is 2. The quantitative estimate of drug-likeness (QED) is 0.537. The zero-order chi connectivity index (χ0) is 9.80. The second-order valence-electron chi connectivity index (χ2n) is 3.29. The van der Waals surface area contributed by atoms with E-state index in [4.69, 9.17) is 9.47 Å². The van der Waals surface area contributed by atoms with E-state index in [2.05, 4.69) is 0 Å². The van der Waals surface area contributed by atoms with E-state index in [1.807, 2.05) is 43.3 Å². The van der Waals surface area contributed by atoms with E-state index in [0.29, 0.717) is 12.7 Å². The Morgan fingerprint density at radius 1 is 1.50 bits per heavy atom. The van der Waals surface area contributed by atoms with Crippen molar-refractivity contribution in [3.8, 4) is 0 Å². The Hall–Kier alpha value is -1.28. The highest BCUT2D eigenvalue weighted by atomic mass is 16.6. The third-order valence-electron chi connectivity index (χ3n) is 2.15. The highest BCUT2D eigenvalue weighted by Crippen LogP contribution is 2.18. The fourth-order valence-electron chi connectivity index (χ4n) is 1.28. The summed E-state index contributed by atoms with van der Waals surface area (Å²) in [7, 11) is 0. The monoisotopic (exact) mass is 190 g/mol. The first-order chi connectivity index (χ1) is 6.90. The highest BCUT2D eigenvalue weighted by molar-refractivity contribution is 5.59. The summed E-state index contributed by atoms with van der Waals surface area (Å²) in [4.78, 5) is 0. The average molecular weight is 190 g/mol. The SMILES string of the molecule is CC=C(OCC1CO1)c1ccccc1. The Balaban J connectivity index is 1.98. The highest BCUT2D eigenvalue weighted by Gasteiger charge is 2.23. The molecule has 1 saturated heterocycles. The van der Waals surface area contributed by atoms with Gasteiger partial charge in [0.05, 0.1) is 6.61 Å². The normalized spacial score (nSPS) is 20.6. The van der Waals surface area contributed by atoms with Crippen molar-refractivity contribution in [3.05, 3.63) is 42.0 Å². The van der Waals surface area contributed by atoms with Crippen molar-refractivity contribution >= 4 is 5.76 Å². The smallest absolute Gasteiger partial charge is 0.122 e. The molecule has 14 heavy (non-hydrogen) atoms. The van der Waals surface area contributed by atoms with E-state index < -0.39 is 0 Å². The van der Waals surface area contributed by atoms with Gasteiger partial charge in [-0.15, -0.1) is 0 Å². The van der Waals surface area contributed by atoms with E-state index in [1.165, 1.54) is 0 Å². The van der Waals surface area contributed by atoms with E-state index >= 15 is 0 Å². The van der Waals surface area contributed by atoms with Gasteiger partial charge in [0.25, 0.3) is 0 Å². The summed E-state index contributed by atoms with van der Waals surface area (Å²) >= 11 is 0. The standard InChI is InChI=1S/C12H14O2/c1-2-12(14-9-11-8-13-11)10-6-4-3-5-7-10/h2-7,11H,8-9H2,1H3.